The molecule has 0 radical (unpaired) electrons. The lowest BCUT2D eigenvalue weighted by molar-refractivity contribution is 0.102. The van der Waals surface area contributed by atoms with Crippen molar-refractivity contribution >= 4 is 34.0 Å². The Balaban J connectivity index is 2.09. The third-order valence-electron chi connectivity index (χ3n) is 2.81. The highest BCUT2D eigenvalue weighted by Gasteiger charge is 2.15. The van der Waals surface area contributed by atoms with Crippen molar-refractivity contribution in [3.63, 3.8) is 0 Å². The number of carbonyl (C=O) groups excluding carboxylic acids is 1. The molecule has 0 unspecified atom stereocenters. The van der Waals surface area contributed by atoms with Gasteiger partial charge in [0.05, 0.1) is 5.88 Å². The summed E-state index contributed by atoms with van der Waals surface area (Å²) in [6.45, 7) is 6.41. The molecule has 2 aromatic rings. The Hall–Kier alpha value is -1.46. The first kappa shape index (κ1) is 14.9. The number of rotatable bonds is 3. The fourth-order valence-electron chi connectivity index (χ4n) is 1.65. The lowest BCUT2D eigenvalue weighted by atomic mass is 9.87. The van der Waals surface area contributed by atoms with Crippen molar-refractivity contribution in [3.8, 4) is 0 Å². The van der Waals surface area contributed by atoms with E-state index in [1.54, 1.807) is 0 Å². The Morgan fingerprint density at radius 1 is 1.25 bits per heavy atom. The summed E-state index contributed by atoms with van der Waals surface area (Å²) in [5, 5.41) is 11.6. The highest BCUT2D eigenvalue weighted by Crippen LogP contribution is 2.23. The Bertz CT molecular complexity index is 602. The van der Waals surface area contributed by atoms with E-state index in [2.05, 4.69) is 36.3 Å². The fourth-order valence-corrected chi connectivity index (χ4v) is 2.45. The number of carbonyl (C=O) groups is 1. The van der Waals surface area contributed by atoms with Crippen molar-refractivity contribution in [2.45, 2.75) is 32.1 Å². The summed E-state index contributed by atoms with van der Waals surface area (Å²) in [6.07, 6.45) is 0. The maximum absolute atomic E-state index is 12.1. The van der Waals surface area contributed by atoms with Crippen molar-refractivity contribution in [2.75, 3.05) is 5.32 Å². The van der Waals surface area contributed by atoms with Crippen LogP contribution in [0.25, 0.3) is 0 Å². The lowest BCUT2D eigenvalue weighted by Gasteiger charge is -2.18. The average Bonchev–Trinajstić information content (AvgIpc) is 2.85. The van der Waals surface area contributed by atoms with Crippen LogP contribution in [-0.2, 0) is 11.3 Å². The SMILES string of the molecule is CC(C)(C)c1ccc(C(=O)Nc2nnc(CCl)s2)cc1. The number of hydrogen-bond acceptors (Lipinski definition) is 4. The van der Waals surface area contributed by atoms with Gasteiger partial charge in [-0.2, -0.15) is 0 Å². The molecular formula is C14H16ClN3OS. The second-order valence-electron chi connectivity index (χ2n) is 5.42. The van der Waals surface area contributed by atoms with Crippen molar-refractivity contribution < 1.29 is 4.79 Å². The standard InChI is InChI=1S/C14H16ClN3OS/c1-14(2,3)10-6-4-9(5-7-10)12(19)16-13-18-17-11(8-15)20-13/h4-7H,8H2,1-3H3,(H,16,18,19). The van der Waals surface area contributed by atoms with Gasteiger partial charge in [-0.25, -0.2) is 0 Å². The fraction of sp³-hybridized carbons (Fsp3) is 0.357. The van der Waals surface area contributed by atoms with Crippen molar-refractivity contribution in [3.05, 3.63) is 40.4 Å². The molecule has 0 bridgehead atoms. The van der Waals surface area contributed by atoms with E-state index < -0.39 is 0 Å². The van der Waals surface area contributed by atoms with Crippen LogP contribution in [-0.4, -0.2) is 16.1 Å². The molecule has 1 aromatic heterocycles. The minimum absolute atomic E-state index is 0.0729. The normalized spacial score (nSPS) is 11.4. The number of alkyl halides is 1. The third kappa shape index (κ3) is 3.55. The number of anilines is 1. The minimum atomic E-state index is -0.192. The second-order valence-corrected chi connectivity index (χ2v) is 6.75. The number of amides is 1. The van der Waals surface area contributed by atoms with Crippen LogP contribution in [0.1, 0.15) is 41.7 Å². The first-order valence-corrected chi connectivity index (χ1v) is 7.55. The van der Waals surface area contributed by atoms with Gasteiger partial charge >= 0.3 is 0 Å². The van der Waals surface area contributed by atoms with Crippen molar-refractivity contribution in [1.82, 2.24) is 10.2 Å². The molecule has 0 atom stereocenters. The summed E-state index contributed by atoms with van der Waals surface area (Å²) in [7, 11) is 0. The van der Waals surface area contributed by atoms with Crippen LogP contribution >= 0.6 is 22.9 Å². The molecule has 6 heteroatoms. The quantitative estimate of drug-likeness (QED) is 0.877. The van der Waals surface area contributed by atoms with Gasteiger partial charge < -0.3 is 0 Å². The predicted molar refractivity (Wildman–Crippen MR) is 82.6 cm³/mol. The number of halogens is 1. The molecule has 106 valence electrons. The molecule has 0 aliphatic carbocycles. The molecule has 2 rings (SSSR count). The van der Waals surface area contributed by atoms with E-state index in [1.807, 2.05) is 24.3 Å². The zero-order chi connectivity index (χ0) is 14.8. The number of hydrogen-bond donors (Lipinski definition) is 1. The van der Waals surface area contributed by atoms with E-state index in [4.69, 9.17) is 11.6 Å². The van der Waals surface area contributed by atoms with E-state index >= 15 is 0 Å². The van der Waals surface area contributed by atoms with Crippen molar-refractivity contribution in [1.29, 1.82) is 0 Å². The molecule has 0 saturated carbocycles. The summed E-state index contributed by atoms with van der Waals surface area (Å²) in [4.78, 5) is 12.1. The van der Waals surface area contributed by atoms with Gasteiger partial charge in [-0.15, -0.1) is 21.8 Å². The van der Waals surface area contributed by atoms with Gasteiger partial charge in [0.1, 0.15) is 5.01 Å². The Labute approximate surface area is 127 Å². The van der Waals surface area contributed by atoms with Crippen LogP contribution in [0, 0.1) is 0 Å². The van der Waals surface area contributed by atoms with E-state index in [-0.39, 0.29) is 11.3 Å². The zero-order valence-corrected chi connectivity index (χ0v) is 13.2. The highest BCUT2D eigenvalue weighted by molar-refractivity contribution is 7.15. The van der Waals surface area contributed by atoms with E-state index in [0.29, 0.717) is 21.6 Å². The monoisotopic (exact) mass is 309 g/mol. The highest BCUT2D eigenvalue weighted by atomic mass is 35.5. The smallest absolute Gasteiger partial charge is 0.257 e. The topological polar surface area (TPSA) is 54.9 Å². The summed E-state index contributed by atoms with van der Waals surface area (Å²) < 4.78 is 0. The van der Waals surface area contributed by atoms with Gasteiger partial charge in [0.15, 0.2) is 0 Å². The number of aromatic nitrogens is 2. The molecule has 1 aromatic carbocycles. The number of benzene rings is 1. The zero-order valence-electron chi connectivity index (χ0n) is 11.6. The van der Waals surface area contributed by atoms with Gasteiger partial charge in [-0.1, -0.05) is 44.2 Å². The molecule has 0 aliphatic heterocycles. The third-order valence-corrected chi connectivity index (χ3v) is 4.07. The first-order valence-electron chi connectivity index (χ1n) is 6.20. The predicted octanol–water partition coefficient (Wildman–Crippen LogP) is 3.83. The van der Waals surface area contributed by atoms with Crippen LogP contribution in [0.2, 0.25) is 0 Å². The van der Waals surface area contributed by atoms with Crippen LogP contribution in [0.3, 0.4) is 0 Å². The number of nitrogens with one attached hydrogen (secondary N) is 1. The van der Waals surface area contributed by atoms with Crippen LogP contribution in [0.4, 0.5) is 5.13 Å². The van der Waals surface area contributed by atoms with Crippen LogP contribution in [0.15, 0.2) is 24.3 Å². The largest absolute Gasteiger partial charge is 0.296 e. The summed E-state index contributed by atoms with van der Waals surface area (Å²) in [5.74, 6) is 0.108. The van der Waals surface area contributed by atoms with E-state index in [0.717, 1.165) is 0 Å². The molecule has 0 spiro atoms. The molecule has 1 heterocycles. The first-order chi connectivity index (χ1) is 9.40. The van der Waals surface area contributed by atoms with Gasteiger partial charge in [-0.05, 0) is 23.1 Å². The lowest BCUT2D eigenvalue weighted by Crippen LogP contribution is -2.14. The number of nitrogens with zero attached hydrogens (tertiary/aromatic N) is 2. The summed E-state index contributed by atoms with van der Waals surface area (Å²) >= 11 is 6.93. The van der Waals surface area contributed by atoms with Gasteiger partial charge in [0.25, 0.3) is 5.91 Å². The van der Waals surface area contributed by atoms with Gasteiger partial charge in [0, 0.05) is 5.56 Å². The molecule has 1 amide bonds. The Morgan fingerprint density at radius 2 is 1.90 bits per heavy atom. The molecule has 4 nitrogen and oxygen atoms in total. The molecule has 0 saturated heterocycles. The molecule has 0 fully saturated rings. The van der Waals surface area contributed by atoms with Crippen LogP contribution in [0.5, 0.6) is 0 Å². The second kappa shape index (κ2) is 5.89. The molecule has 0 aliphatic rings. The van der Waals surface area contributed by atoms with Crippen molar-refractivity contribution in [2.24, 2.45) is 0 Å². The maximum atomic E-state index is 12.1. The van der Waals surface area contributed by atoms with E-state index in [9.17, 15) is 4.79 Å². The van der Waals surface area contributed by atoms with Crippen LogP contribution < -0.4 is 5.32 Å². The van der Waals surface area contributed by atoms with Gasteiger partial charge in [0.2, 0.25) is 5.13 Å². The maximum Gasteiger partial charge on any atom is 0.257 e. The Kier molecular flexibility index (Phi) is 4.40. The minimum Gasteiger partial charge on any atom is -0.296 e. The average molecular weight is 310 g/mol. The molecule has 20 heavy (non-hydrogen) atoms. The van der Waals surface area contributed by atoms with Gasteiger partial charge in [-0.3, -0.25) is 10.1 Å². The summed E-state index contributed by atoms with van der Waals surface area (Å²) in [5.41, 5.74) is 1.86. The molecular weight excluding hydrogens is 294 g/mol. The molecule has 1 N–H and O–H groups in total. The Morgan fingerprint density at radius 3 is 2.40 bits per heavy atom. The summed E-state index contributed by atoms with van der Waals surface area (Å²) in [6, 6.07) is 7.58. The van der Waals surface area contributed by atoms with E-state index in [1.165, 1.54) is 16.9 Å².